The number of carbonyl (C=O) groups is 3. The minimum atomic E-state index is -0.459. The first-order valence-corrected chi connectivity index (χ1v) is 13.7. The summed E-state index contributed by atoms with van der Waals surface area (Å²) in [6, 6.07) is 20.2. The maximum absolute atomic E-state index is 13.3. The Balaban J connectivity index is 1.35. The van der Waals surface area contributed by atoms with Crippen LogP contribution in [0.5, 0.6) is 0 Å². The van der Waals surface area contributed by atoms with E-state index in [-0.39, 0.29) is 11.8 Å². The van der Waals surface area contributed by atoms with Crippen molar-refractivity contribution < 1.29 is 23.9 Å². The smallest absolute Gasteiger partial charge is 0.338 e. The molecule has 0 aromatic heterocycles. The fourth-order valence-corrected chi connectivity index (χ4v) is 5.07. The second-order valence-electron chi connectivity index (χ2n) is 10.0. The summed E-state index contributed by atoms with van der Waals surface area (Å²) < 4.78 is 10.3. The molecule has 2 amide bonds. The lowest BCUT2D eigenvalue weighted by Gasteiger charge is -2.26. The Morgan fingerprint density at radius 1 is 1.00 bits per heavy atom. The van der Waals surface area contributed by atoms with Gasteiger partial charge in [-0.2, -0.15) is 0 Å². The first kappa shape index (κ1) is 28.1. The number of esters is 1. The van der Waals surface area contributed by atoms with E-state index >= 15 is 0 Å². The number of benzene rings is 3. The quantitative estimate of drug-likeness (QED) is 0.207. The number of anilines is 2. The van der Waals surface area contributed by atoms with Gasteiger partial charge in [0.25, 0.3) is 11.8 Å². The molecule has 0 radical (unpaired) electrons. The fraction of sp³-hybridized carbons (Fsp3) is 0.281. The molecule has 2 aliphatic rings. The molecule has 1 fully saturated rings. The van der Waals surface area contributed by atoms with Crippen LogP contribution >= 0.6 is 0 Å². The number of nitrogens with one attached hydrogen (secondary N) is 3. The van der Waals surface area contributed by atoms with E-state index in [9.17, 15) is 14.4 Å². The van der Waals surface area contributed by atoms with Crippen LogP contribution in [0.15, 0.2) is 66.7 Å². The highest BCUT2D eigenvalue weighted by atomic mass is 16.5. The molecular formula is C32H34N4O5. The molecule has 2 heterocycles. The zero-order valence-electron chi connectivity index (χ0n) is 23.3. The van der Waals surface area contributed by atoms with Gasteiger partial charge in [0.1, 0.15) is 0 Å². The van der Waals surface area contributed by atoms with Crippen molar-refractivity contribution in [2.75, 3.05) is 57.1 Å². The average Bonchev–Trinajstić information content (AvgIpc) is 3.32. The first-order valence-electron chi connectivity index (χ1n) is 13.7. The average molecular weight is 555 g/mol. The lowest BCUT2D eigenvalue weighted by molar-refractivity contribution is -0.110. The molecule has 0 atom stereocenters. The minimum Gasteiger partial charge on any atom is -0.465 e. The Morgan fingerprint density at radius 3 is 2.44 bits per heavy atom. The predicted molar refractivity (Wildman–Crippen MR) is 159 cm³/mol. The van der Waals surface area contributed by atoms with Crippen molar-refractivity contribution in [1.82, 2.24) is 10.2 Å². The Hall–Kier alpha value is -4.47. The summed E-state index contributed by atoms with van der Waals surface area (Å²) in [5, 5.41) is 9.30. The number of fused-ring (bicyclic) bond motifs is 1. The van der Waals surface area contributed by atoms with Crippen LogP contribution in [0, 0.1) is 6.92 Å². The number of methoxy groups -OCH3 is 1. The third kappa shape index (κ3) is 6.48. The number of morpholine rings is 1. The van der Waals surface area contributed by atoms with Crippen molar-refractivity contribution in [1.29, 1.82) is 0 Å². The molecule has 9 nitrogen and oxygen atoms in total. The van der Waals surface area contributed by atoms with Crippen molar-refractivity contribution in [3.05, 3.63) is 94.5 Å². The number of ether oxygens (including phenoxy) is 2. The van der Waals surface area contributed by atoms with Gasteiger partial charge < -0.3 is 25.4 Å². The van der Waals surface area contributed by atoms with E-state index in [1.54, 1.807) is 18.2 Å². The fourth-order valence-electron chi connectivity index (χ4n) is 5.07. The molecule has 3 aromatic rings. The van der Waals surface area contributed by atoms with Crippen molar-refractivity contribution in [2.45, 2.75) is 13.3 Å². The molecular weight excluding hydrogens is 520 g/mol. The van der Waals surface area contributed by atoms with Crippen LogP contribution in [-0.2, 0) is 14.3 Å². The third-order valence-electron chi connectivity index (χ3n) is 7.28. The predicted octanol–water partition coefficient (Wildman–Crippen LogP) is 4.17. The Labute approximate surface area is 239 Å². The Morgan fingerprint density at radius 2 is 1.73 bits per heavy atom. The SMILES string of the molecule is COC(=O)c1cc2c(cc1C)/C(=C(/Nc1ccc(C(=O)NCCCN3CCOCC3)cc1)c1ccccc1)C(=O)N2. The number of nitrogens with zero attached hydrogens (tertiary/aromatic N) is 1. The number of hydrogen-bond acceptors (Lipinski definition) is 7. The highest BCUT2D eigenvalue weighted by Crippen LogP contribution is 2.39. The van der Waals surface area contributed by atoms with Crippen molar-refractivity contribution in [2.24, 2.45) is 0 Å². The van der Waals surface area contributed by atoms with Gasteiger partial charge in [-0.25, -0.2) is 4.79 Å². The number of hydrogen-bond donors (Lipinski definition) is 3. The number of amides is 2. The number of aryl methyl sites for hydroxylation is 1. The van der Waals surface area contributed by atoms with Crippen LogP contribution in [0.1, 0.15) is 43.8 Å². The lowest BCUT2D eigenvalue weighted by atomic mass is 9.96. The van der Waals surface area contributed by atoms with Gasteiger partial charge in [0.15, 0.2) is 0 Å². The molecule has 0 saturated carbocycles. The van der Waals surface area contributed by atoms with Gasteiger partial charge in [-0.05, 0) is 67.4 Å². The number of rotatable bonds is 9. The molecule has 0 unspecified atom stereocenters. The van der Waals surface area contributed by atoms with Gasteiger partial charge in [-0.1, -0.05) is 30.3 Å². The molecule has 1 saturated heterocycles. The molecule has 5 rings (SSSR count). The summed E-state index contributed by atoms with van der Waals surface area (Å²) in [5.74, 6) is -0.860. The third-order valence-corrected chi connectivity index (χ3v) is 7.28. The molecule has 3 N–H and O–H groups in total. The Bertz CT molecular complexity index is 1460. The highest BCUT2D eigenvalue weighted by Gasteiger charge is 2.30. The first-order chi connectivity index (χ1) is 19.9. The Kier molecular flexibility index (Phi) is 8.76. The van der Waals surface area contributed by atoms with Gasteiger partial charge in [0.05, 0.1) is 42.8 Å². The van der Waals surface area contributed by atoms with E-state index in [0.29, 0.717) is 45.8 Å². The van der Waals surface area contributed by atoms with Gasteiger partial charge in [-0.15, -0.1) is 0 Å². The van der Waals surface area contributed by atoms with Gasteiger partial charge in [-0.3, -0.25) is 14.5 Å². The van der Waals surface area contributed by atoms with Gasteiger partial charge in [0.2, 0.25) is 0 Å². The molecule has 41 heavy (non-hydrogen) atoms. The topological polar surface area (TPSA) is 109 Å². The largest absolute Gasteiger partial charge is 0.465 e. The van der Waals surface area contributed by atoms with Crippen LogP contribution in [0.2, 0.25) is 0 Å². The standard InChI is InChI=1S/C32H34N4O5/c1-21-19-26-27(20-25(21)32(39)40-2)35-31(38)28(26)29(22-7-4-3-5-8-22)34-24-11-9-23(10-12-24)30(37)33-13-6-14-36-15-17-41-18-16-36/h3-5,7-12,19-20,34H,6,13-18H2,1-2H3,(H,33,37)(H,35,38)/b29-28-. The summed E-state index contributed by atoms with van der Waals surface area (Å²) in [4.78, 5) is 40.5. The summed E-state index contributed by atoms with van der Waals surface area (Å²) >= 11 is 0. The van der Waals surface area contributed by atoms with Crippen LogP contribution in [0.25, 0.3) is 11.3 Å². The van der Waals surface area contributed by atoms with Gasteiger partial charge >= 0.3 is 5.97 Å². The van der Waals surface area contributed by atoms with E-state index in [1.807, 2.05) is 55.5 Å². The number of carbonyl (C=O) groups excluding carboxylic acids is 3. The van der Waals surface area contributed by atoms with Gasteiger partial charge in [0, 0.05) is 36.4 Å². The molecule has 2 aliphatic heterocycles. The maximum Gasteiger partial charge on any atom is 0.338 e. The lowest BCUT2D eigenvalue weighted by Crippen LogP contribution is -2.38. The van der Waals surface area contributed by atoms with E-state index in [2.05, 4.69) is 20.9 Å². The zero-order valence-corrected chi connectivity index (χ0v) is 23.3. The summed E-state index contributed by atoms with van der Waals surface area (Å²) in [6.45, 7) is 6.76. The molecule has 3 aromatic carbocycles. The normalized spacial score (nSPS) is 16.0. The second kappa shape index (κ2) is 12.8. The molecule has 9 heteroatoms. The molecule has 0 bridgehead atoms. The summed E-state index contributed by atoms with van der Waals surface area (Å²) in [7, 11) is 1.33. The maximum atomic E-state index is 13.3. The molecule has 212 valence electrons. The minimum absolute atomic E-state index is 0.124. The van der Waals surface area contributed by atoms with Crippen molar-refractivity contribution in [3.8, 4) is 0 Å². The summed E-state index contributed by atoms with van der Waals surface area (Å²) in [5.41, 5.74) is 5.54. The van der Waals surface area contributed by atoms with E-state index in [4.69, 9.17) is 9.47 Å². The monoisotopic (exact) mass is 554 g/mol. The van der Waals surface area contributed by atoms with Crippen LogP contribution in [0.3, 0.4) is 0 Å². The van der Waals surface area contributed by atoms with Crippen LogP contribution in [-0.4, -0.2) is 69.2 Å². The highest BCUT2D eigenvalue weighted by molar-refractivity contribution is 6.37. The molecule has 0 spiro atoms. The second-order valence-corrected chi connectivity index (χ2v) is 10.0. The van der Waals surface area contributed by atoms with Crippen molar-refractivity contribution in [3.63, 3.8) is 0 Å². The van der Waals surface area contributed by atoms with Crippen molar-refractivity contribution >= 4 is 40.4 Å². The zero-order chi connectivity index (χ0) is 28.8. The van der Waals surface area contributed by atoms with Crippen LogP contribution < -0.4 is 16.0 Å². The van der Waals surface area contributed by atoms with E-state index in [1.165, 1.54) is 7.11 Å². The van der Waals surface area contributed by atoms with E-state index < -0.39 is 5.97 Å². The molecule has 0 aliphatic carbocycles. The van der Waals surface area contributed by atoms with Crippen LogP contribution in [0.4, 0.5) is 11.4 Å². The van der Waals surface area contributed by atoms with E-state index in [0.717, 1.165) is 50.5 Å². The summed E-state index contributed by atoms with van der Waals surface area (Å²) in [6.07, 6.45) is 0.878.